The fraction of sp³-hybridized carbons (Fsp3) is 0.333. The monoisotopic (exact) mass is 251 g/mol. The van der Waals surface area contributed by atoms with Crippen LogP contribution < -0.4 is 16.8 Å². The molecule has 0 fully saturated rings. The molecule has 1 atom stereocenters. The minimum Gasteiger partial charge on any atom is -0.467 e. The van der Waals surface area contributed by atoms with Crippen molar-refractivity contribution in [2.75, 3.05) is 18.6 Å². The Bertz CT molecular complexity index is 462. The molecule has 5 N–H and O–H groups in total. The van der Waals surface area contributed by atoms with Crippen molar-refractivity contribution in [3.63, 3.8) is 0 Å². The molecular weight excluding hydrogens is 234 g/mol. The molecule has 1 rings (SSSR count). The maximum atomic E-state index is 11.7. The van der Waals surface area contributed by atoms with Crippen molar-refractivity contribution >= 4 is 23.8 Å². The SMILES string of the molecule is COC(=O)[C@](C)(Cc1ccc(N)c(N)c1)NC=O. The average molecular weight is 251 g/mol. The zero-order valence-corrected chi connectivity index (χ0v) is 10.4. The van der Waals surface area contributed by atoms with E-state index in [0.717, 1.165) is 5.56 Å². The highest BCUT2D eigenvalue weighted by Gasteiger charge is 2.34. The number of benzene rings is 1. The van der Waals surface area contributed by atoms with Gasteiger partial charge in [0, 0.05) is 6.42 Å². The number of amides is 1. The van der Waals surface area contributed by atoms with Crippen LogP contribution in [0.25, 0.3) is 0 Å². The molecule has 1 aromatic carbocycles. The van der Waals surface area contributed by atoms with E-state index in [2.05, 4.69) is 10.1 Å². The van der Waals surface area contributed by atoms with Gasteiger partial charge in [0.1, 0.15) is 5.54 Å². The van der Waals surface area contributed by atoms with Gasteiger partial charge in [-0.2, -0.15) is 0 Å². The van der Waals surface area contributed by atoms with Crippen LogP contribution in [0, 0.1) is 0 Å². The fourth-order valence-electron chi connectivity index (χ4n) is 1.68. The number of hydrogen-bond acceptors (Lipinski definition) is 5. The highest BCUT2D eigenvalue weighted by atomic mass is 16.5. The number of esters is 1. The first kappa shape index (κ1) is 13.8. The number of nitrogen functional groups attached to an aromatic ring is 2. The summed E-state index contributed by atoms with van der Waals surface area (Å²) in [4.78, 5) is 22.3. The Kier molecular flexibility index (Phi) is 4.14. The van der Waals surface area contributed by atoms with Crippen LogP contribution in [0.1, 0.15) is 12.5 Å². The van der Waals surface area contributed by atoms with E-state index >= 15 is 0 Å². The molecule has 1 aromatic rings. The van der Waals surface area contributed by atoms with Gasteiger partial charge in [-0.1, -0.05) is 6.07 Å². The smallest absolute Gasteiger partial charge is 0.331 e. The number of nitrogens with one attached hydrogen (secondary N) is 1. The predicted octanol–water partition coefficient (Wildman–Crippen LogP) is 0.0712. The minimum atomic E-state index is -1.13. The highest BCUT2D eigenvalue weighted by Crippen LogP contribution is 2.20. The van der Waals surface area contributed by atoms with E-state index in [1.807, 2.05) is 0 Å². The molecule has 0 spiro atoms. The van der Waals surface area contributed by atoms with Gasteiger partial charge in [-0.15, -0.1) is 0 Å². The summed E-state index contributed by atoms with van der Waals surface area (Å²) < 4.78 is 4.68. The zero-order valence-electron chi connectivity index (χ0n) is 10.4. The Hall–Kier alpha value is -2.24. The molecule has 6 nitrogen and oxygen atoms in total. The lowest BCUT2D eigenvalue weighted by molar-refractivity contribution is -0.148. The molecule has 0 radical (unpaired) electrons. The molecule has 18 heavy (non-hydrogen) atoms. The summed E-state index contributed by atoms with van der Waals surface area (Å²) in [6.07, 6.45) is 0.737. The Morgan fingerprint density at radius 1 is 1.44 bits per heavy atom. The Labute approximate surface area is 105 Å². The molecule has 0 aromatic heterocycles. The van der Waals surface area contributed by atoms with E-state index < -0.39 is 11.5 Å². The molecule has 0 unspecified atom stereocenters. The zero-order chi connectivity index (χ0) is 13.8. The summed E-state index contributed by atoms with van der Waals surface area (Å²) in [5.41, 5.74) is 11.9. The molecular formula is C12H17N3O3. The summed E-state index contributed by atoms with van der Waals surface area (Å²) in [5.74, 6) is -0.523. The molecule has 0 aliphatic rings. The molecule has 0 saturated heterocycles. The van der Waals surface area contributed by atoms with Gasteiger partial charge >= 0.3 is 5.97 Å². The lowest BCUT2D eigenvalue weighted by Gasteiger charge is -2.26. The lowest BCUT2D eigenvalue weighted by Crippen LogP contribution is -2.51. The number of rotatable bonds is 5. The standard InChI is InChI=1S/C12H17N3O3/c1-12(15-7-16,11(17)18-2)6-8-3-4-9(13)10(14)5-8/h3-5,7H,6,13-14H2,1-2H3,(H,15,16)/t12-/m0/s1. The molecule has 0 aliphatic heterocycles. The minimum absolute atomic E-state index is 0.267. The van der Waals surface area contributed by atoms with Crippen LogP contribution in [0.5, 0.6) is 0 Å². The quantitative estimate of drug-likeness (QED) is 0.390. The van der Waals surface area contributed by atoms with E-state index in [-0.39, 0.29) is 6.42 Å². The number of ether oxygens (including phenoxy) is 1. The van der Waals surface area contributed by atoms with Gasteiger partial charge in [0.15, 0.2) is 0 Å². The molecule has 6 heteroatoms. The van der Waals surface area contributed by atoms with Gasteiger partial charge in [0.2, 0.25) is 6.41 Å². The number of anilines is 2. The number of carbonyl (C=O) groups is 2. The maximum absolute atomic E-state index is 11.7. The first-order valence-corrected chi connectivity index (χ1v) is 5.36. The fourth-order valence-corrected chi connectivity index (χ4v) is 1.68. The summed E-state index contributed by atoms with van der Waals surface area (Å²) in [5, 5.41) is 2.47. The molecule has 1 amide bonds. The topological polar surface area (TPSA) is 107 Å². The second-order valence-electron chi connectivity index (χ2n) is 4.23. The van der Waals surface area contributed by atoms with Crippen LogP contribution in [0.4, 0.5) is 11.4 Å². The van der Waals surface area contributed by atoms with Crippen LogP contribution in [-0.2, 0) is 20.7 Å². The third-order valence-electron chi connectivity index (χ3n) is 2.72. The van der Waals surface area contributed by atoms with E-state index in [4.69, 9.17) is 11.5 Å². The van der Waals surface area contributed by atoms with Gasteiger partial charge in [-0.25, -0.2) is 4.79 Å². The highest BCUT2D eigenvalue weighted by molar-refractivity contribution is 5.83. The van der Waals surface area contributed by atoms with Crippen LogP contribution in [0.2, 0.25) is 0 Å². The number of nitrogens with two attached hydrogens (primary N) is 2. The second kappa shape index (κ2) is 5.39. The lowest BCUT2D eigenvalue weighted by atomic mass is 9.92. The summed E-state index contributed by atoms with van der Waals surface area (Å²) >= 11 is 0. The normalized spacial score (nSPS) is 13.4. The average Bonchev–Trinajstić information content (AvgIpc) is 2.33. The van der Waals surface area contributed by atoms with Crippen molar-refractivity contribution in [1.82, 2.24) is 5.32 Å². The first-order chi connectivity index (χ1) is 8.42. The molecule has 0 bridgehead atoms. The Balaban J connectivity index is 2.99. The molecule has 0 aliphatic carbocycles. The van der Waals surface area contributed by atoms with E-state index in [1.165, 1.54) is 7.11 Å². The van der Waals surface area contributed by atoms with Crippen molar-refractivity contribution in [3.8, 4) is 0 Å². The van der Waals surface area contributed by atoms with Gasteiger partial charge in [0.25, 0.3) is 0 Å². The van der Waals surface area contributed by atoms with Gasteiger partial charge in [-0.3, -0.25) is 4.79 Å². The number of carbonyl (C=O) groups excluding carboxylic acids is 2. The first-order valence-electron chi connectivity index (χ1n) is 5.36. The van der Waals surface area contributed by atoms with Crippen LogP contribution in [0.15, 0.2) is 18.2 Å². The molecule has 0 heterocycles. The largest absolute Gasteiger partial charge is 0.467 e. The summed E-state index contributed by atoms with van der Waals surface area (Å²) in [7, 11) is 1.27. The second-order valence-corrected chi connectivity index (χ2v) is 4.23. The van der Waals surface area contributed by atoms with Gasteiger partial charge in [-0.05, 0) is 24.6 Å². The van der Waals surface area contributed by atoms with Crippen LogP contribution >= 0.6 is 0 Å². The molecule has 98 valence electrons. The van der Waals surface area contributed by atoms with Gasteiger partial charge in [0.05, 0.1) is 18.5 Å². The van der Waals surface area contributed by atoms with Crippen LogP contribution in [0.3, 0.4) is 0 Å². The van der Waals surface area contributed by atoms with E-state index in [9.17, 15) is 9.59 Å². The summed E-state index contributed by atoms with van der Waals surface area (Å²) in [6.45, 7) is 1.58. The van der Waals surface area contributed by atoms with Gasteiger partial charge < -0.3 is 21.5 Å². The number of hydrogen-bond donors (Lipinski definition) is 3. The molecule has 0 saturated carbocycles. The van der Waals surface area contributed by atoms with Crippen molar-refractivity contribution < 1.29 is 14.3 Å². The summed E-state index contributed by atoms with van der Waals surface area (Å²) in [6, 6.07) is 5.08. The van der Waals surface area contributed by atoms with Crippen molar-refractivity contribution in [2.24, 2.45) is 0 Å². The van der Waals surface area contributed by atoms with Crippen molar-refractivity contribution in [2.45, 2.75) is 18.9 Å². The predicted molar refractivity (Wildman–Crippen MR) is 68.6 cm³/mol. The van der Waals surface area contributed by atoms with E-state index in [1.54, 1.807) is 25.1 Å². The Morgan fingerprint density at radius 2 is 2.11 bits per heavy atom. The maximum Gasteiger partial charge on any atom is 0.331 e. The number of methoxy groups -OCH3 is 1. The van der Waals surface area contributed by atoms with Crippen molar-refractivity contribution in [3.05, 3.63) is 23.8 Å². The van der Waals surface area contributed by atoms with E-state index in [0.29, 0.717) is 17.8 Å². The van der Waals surface area contributed by atoms with Crippen LogP contribution in [-0.4, -0.2) is 25.0 Å². The third kappa shape index (κ3) is 2.91. The van der Waals surface area contributed by atoms with Crippen molar-refractivity contribution in [1.29, 1.82) is 0 Å². The Morgan fingerprint density at radius 3 is 2.61 bits per heavy atom. The third-order valence-corrected chi connectivity index (χ3v) is 2.72.